The molecule has 31 heavy (non-hydrogen) atoms. The molecular weight excluding hydrogens is 412 g/mol. The van der Waals surface area contributed by atoms with Crippen molar-refractivity contribution in [2.24, 2.45) is 0 Å². The van der Waals surface area contributed by atoms with Crippen LogP contribution in [0.2, 0.25) is 5.02 Å². The van der Waals surface area contributed by atoms with Crippen LogP contribution in [-0.2, 0) is 4.79 Å². The molecule has 1 aliphatic heterocycles. The highest BCUT2D eigenvalue weighted by molar-refractivity contribution is 6.32. The van der Waals surface area contributed by atoms with E-state index in [1.54, 1.807) is 7.11 Å². The molecule has 1 atom stereocenters. The molecule has 3 rings (SSSR count). The summed E-state index contributed by atoms with van der Waals surface area (Å²) in [5.41, 5.74) is 3.07. The molecule has 168 valence electrons. The first-order chi connectivity index (χ1) is 15.0. The van der Waals surface area contributed by atoms with Crippen molar-refractivity contribution in [3.05, 3.63) is 58.1 Å². The number of carbonyl (C=O) groups is 1. The Morgan fingerprint density at radius 3 is 2.23 bits per heavy atom. The van der Waals surface area contributed by atoms with E-state index in [2.05, 4.69) is 22.3 Å². The van der Waals surface area contributed by atoms with Gasteiger partial charge in [-0.1, -0.05) is 36.6 Å². The number of benzene rings is 2. The number of nitrogens with zero attached hydrogens (tertiary/aromatic N) is 1. The van der Waals surface area contributed by atoms with Gasteiger partial charge in [-0.05, 0) is 80.7 Å². The van der Waals surface area contributed by atoms with Crippen molar-refractivity contribution >= 4 is 17.5 Å². The standard InChI is InChI=1S/C25H33ClN2O3/c1-18-14-22(15-19(2)25(18)26)31-17-24(29)27-16-23(28-12-6-4-5-7-13-28)20-8-10-21(30-3)11-9-20/h8-11,14-15,23H,4-7,12-13,16-17H2,1-3H3,(H,27,29). The lowest BCUT2D eigenvalue weighted by molar-refractivity contribution is -0.123. The van der Waals surface area contributed by atoms with Crippen LogP contribution in [0, 0.1) is 13.8 Å². The Bertz CT molecular complexity index is 839. The number of methoxy groups -OCH3 is 1. The predicted octanol–water partition coefficient (Wildman–Crippen LogP) is 5.08. The maximum absolute atomic E-state index is 12.5. The molecule has 0 saturated carbocycles. The fourth-order valence-corrected chi connectivity index (χ4v) is 4.20. The monoisotopic (exact) mass is 444 g/mol. The van der Waals surface area contributed by atoms with Gasteiger partial charge >= 0.3 is 0 Å². The van der Waals surface area contributed by atoms with Gasteiger partial charge in [-0.25, -0.2) is 0 Å². The Morgan fingerprint density at radius 2 is 1.65 bits per heavy atom. The molecule has 2 aromatic rings. The Balaban J connectivity index is 1.62. The highest BCUT2D eigenvalue weighted by atomic mass is 35.5. The lowest BCUT2D eigenvalue weighted by Crippen LogP contribution is -2.40. The summed E-state index contributed by atoms with van der Waals surface area (Å²) in [6.07, 6.45) is 4.93. The van der Waals surface area contributed by atoms with Gasteiger partial charge in [-0.2, -0.15) is 0 Å². The third-order valence-electron chi connectivity index (χ3n) is 5.85. The fourth-order valence-electron chi connectivity index (χ4n) is 4.09. The highest BCUT2D eigenvalue weighted by Crippen LogP contribution is 2.27. The van der Waals surface area contributed by atoms with Crippen molar-refractivity contribution in [3.63, 3.8) is 0 Å². The van der Waals surface area contributed by atoms with Crippen molar-refractivity contribution < 1.29 is 14.3 Å². The number of carbonyl (C=O) groups excluding carboxylic acids is 1. The number of rotatable bonds is 8. The van der Waals surface area contributed by atoms with E-state index in [4.69, 9.17) is 21.1 Å². The minimum Gasteiger partial charge on any atom is -0.497 e. The molecular formula is C25H33ClN2O3. The van der Waals surface area contributed by atoms with Crippen LogP contribution < -0.4 is 14.8 Å². The van der Waals surface area contributed by atoms with E-state index in [0.717, 1.165) is 35.0 Å². The maximum Gasteiger partial charge on any atom is 0.258 e. The van der Waals surface area contributed by atoms with Crippen LogP contribution in [-0.4, -0.2) is 44.2 Å². The Labute approximate surface area is 190 Å². The number of ether oxygens (including phenoxy) is 2. The zero-order valence-corrected chi connectivity index (χ0v) is 19.5. The molecule has 6 heteroatoms. The van der Waals surface area contributed by atoms with Crippen LogP contribution in [0.4, 0.5) is 0 Å². The molecule has 1 heterocycles. The largest absolute Gasteiger partial charge is 0.497 e. The number of likely N-dealkylation sites (tertiary alicyclic amines) is 1. The van der Waals surface area contributed by atoms with Crippen LogP contribution in [0.5, 0.6) is 11.5 Å². The molecule has 0 aromatic heterocycles. The van der Waals surface area contributed by atoms with Gasteiger partial charge in [0.1, 0.15) is 11.5 Å². The van der Waals surface area contributed by atoms with Crippen LogP contribution in [0.1, 0.15) is 48.4 Å². The van der Waals surface area contributed by atoms with E-state index in [0.29, 0.717) is 12.3 Å². The summed E-state index contributed by atoms with van der Waals surface area (Å²) >= 11 is 6.21. The molecule has 1 aliphatic rings. The third-order valence-corrected chi connectivity index (χ3v) is 6.45. The minimum atomic E-state index is -0.126. The lowest BCUT2D eigenvalue weighted by Gasteiger charge is -2.31. The highest BCUT2D eigenvalue weighted by Gasteiger charge is 2.22. The van der Waals surface area contributed by atoms with Crippen LogP contribution in [0.3, 0.4) is 0 Å². The number of hydrogen-bond acceptors (Lipinski definition) is 4. The van der Waals surface area contributed by atoms with Crippen molar-refractivity contribution in [1.29, 1.82) is 0 Å². The molecule has 1 saturated heterocycles. The van der Waals surface area contributed by atoms with Crippen molar-refractivity contribution in [3.8, 4) is 11.5 Å². The number of hydrogen-bond donors (Lipinski definition) is 1. The minimum absolute atomic E-state index is 0.0180. The second-order valence-electron chi connectivity index (χ2n) is 8.20. The number of nitrogens with one attached hydrogen (secondary N) is 1. The molecule has 0 radical (unpaired) electrons. The van der Waals surface area contributed by atoms with Crippen molar-refractivity contribution in [1.82, 2.24) is 10.2 Å². The van der Waals surface area contributed by atoms with Crippen molar-refractivity contribution in [2.75, 3.05) is 33.4 Å². The second kappa shape index (κ2) is 11.4. The Hall–Kier alpha value is -2.24. The van der Waals surface area contributed by atoms with E-state index in [1.807, 2.05) is 38.1 Å². The van der Waals surface area contributed by atoms with E-state index < -0.39 is 0 Å². The average molecular weight is 445 g/mol. The molecule has 1 fully saturated rings. The normalized spacial score (nSPS) is 15.7. The summed E-state index contributed by atoms with van der Waals surface area (Å²) in [6, 6.07) is 12.0. The number of aryl methyl sites for hydroxylation is 2. The summed E-state index contributed by atoms with van der Waals surface area (Å²) < 4.78 is 11.0. The van der Waals surface area contributed by atoms with Gasteiger partial charge in [0, 0.05) is 11.6 Å². The number of halogens is 1. The molecule has 1 unspecified atom stereocenters. The van der Waals surface area contributed by atoms with Gasteiger partial charge in [0.05, 0.1) is 13.2 Å². The smallest absolute Gasteiger partial charge is 0.258 e. The average Bonchev–Trinajstić information content (AvgIpc) is 3.06. The quantitative estimate of drug-likeness (QED) is 0.617. The summed E-state index contributed by atoms with van der Waals surface area (Å²) in [4.78, 5) is 15.0. The molecule has 0 spiro atoms. The van der Waals surface area contributed by atoms with Crippen LogP contribution >= 0.6 is 11.6 Å². The van der Waals surface area contributed by atoms with Gasteiger partial charge in [0.15, 0.2) is 6.61 Å². The first-order valence-electron chi connectivity index (χ1n) is 11.0. The van der Waals surface area contributed by atoms with Crippen LogP contribution in [0.25, 0.3) is 0 Å². The molecule has 1 N–H and O–H groups in total. The van der Waals surface area contributed by atoms with Gasteiger partial charge in [0.25, 0.3) is 5.91 Å². The first-order valence-corrected chi connectivity index (χ1v) is 11.4. The summed E-state index contributed by atoms with van der Waals surface area (Å²) in [6.45, 7) is 6.49. The third kappa shape index (κ3) is 6.62. The van der Waals surface area contributed by atoms with E-state index in [-0.39, 0.29) is 18.6 Å². The van der Waals surface area contributed by atoms with Gasteiger partial charge in [0.2, 0.25) is 0 Å². The Kier molecular flexibility index (Phi) is 8.61. The van der Waals surface area contributed by atoms with E-state index in [9.17, 15) is 4.79 Å². The second-order valence-corrected chi connectivity index (χ2v) is 8.58. The van der Waals surface area contributed by atoms with E-state index in [1.165, 1.54) is 31.2 Å². The van der Waals surface area contributed by atoms with Crippen LogP contribution in [0.15, 0.2) is 36.4 Å². The van der Waals surface area contributed by atoms with Gasteiger partial charge in [-0.3, -0.25) is 9.69 Å². The summed E-state index contributed by atoms with van der Waals surface area (Å²) in [7, 11) is 1.67. The zero-order valence-electron chi connectivity index (χ0n) is 18.7. The predicted molar refractivity (Wildman–Crippen MR) is 125 cm³/mol. The fraction of sp³-hybridized carbons (Fsp3) is 0.480. The first kappa shape index (κ1) is 23.4. The molecule has 1 amide bonds. The Morgan fingerprint density at radius 1 is 1.03 bits per heavy atom. The zero-order chi connectivity index (χ0) is 22.2. The topological polar surface area (TPSA) is 50.8 Å². The lowest BCUT2D eigenvalue weighted by atomic mass is 10.0. The summed E-state index contributed by atoms with van der Waals surface area (Å²) in [5.74, 6) is 1.37. The molecule has 0 aliphatic carbocycles. The van der Waals surface area contributed by atoms with Gasteiger partial charge in [-0.15, -0.1) is 0 Å². The van der Waals surface area contributed by atoms with E-state index >= 15 is 0 Å². The van der Waals surface area contributed by atoms with Crippen molar-refractivity contribution in [2.45, 2.75) is 45.6 Å². The number of amides is 1. The molecule has 2 aromatic carbocycles. The molecule has 0 bridgehead atoms. The molecule has 5 nitrogen and oxygen atoms in total. The SMILES string of the molecule is COc1ccc(C(CNC(=O)COc2cc(C)c(Cl)c(C)c2)N2CCCCCC2)cc1. The maximum atomic E-state index is 12.5. The van der Waals surface area contributed by atoms with Gasteiger partial charge < -0.3 is 14.8 Å². The summed E-state index contributed by atoms with van der Waals surface area (Å²) in [5, 5.41) is 3.81.